The zero-order valence-corrected chi connectivity index (χ0v) is 15.0. The van der Waals surface area contributed by atoms with E-state index in [2.05, 4.69) is 14.9 Å². The smallest absolute Gasteiger partial charge is 0.360 e. The largest absolute Gasteiger partial charge is 0.389 e. The maximum atomic E-state index is 12.4. The fourth-order valence-electron chi connectivity index (χ4n) is 3.90. The number of likely N-dealkylation sites (tertiary alicyclic amines) is 1. The lowest BCUT2D eigenvalue weighted by Crippen LogP contribution is -2.50. The summed E-state index contributed by atoms with van der Waals surface area (Å²) in [6.07, 6.45) is -0.801. The number of piperidine rings is 1. The van der Waals surface area contributed by atoms with Crippen LogP contribution < -0.4 is 9.80 Å². The van der Waals surface area contributed by atoms with Crippen molar-refractivity contribution in [3.8, 4) is 0 Å². The average molecular weight is 371 g/mol. The highest BCUT2D eigenvalue weighted by atomic mass is 19.4. The van der Waals surface area contributed by atoms with Gasteiger partial charge in [0.1, 0.15) is 0 Å². The molecule has 26 heavy (non-hydrogen) atoms. The molecule has 2 fully saturated rings. The van der Waals surface area contributed by atoms with Gasteiger partial charge in [0, 0.05) is 52.5 Å². The van der Waals surface area contributed by atoms with E-state index in [0.717, 1.165) is 31.0 Å². The molecule has 9 heteroatoms. The molecule has 3 heterocycles. The first kappa shape index (κ1) is 18.7. The minimum Gasteiger partial charge on any atom is -0.360 e. The minimum absolute atomic E-state index is 0.0542. The number of hydrogen-bond donors (Lipinski definition) is 0. The van der Waals surface area contributed by atoms with Gasteiger partial charge in [-0.1, -0.05) is 0 Å². The van der Waals surface area contributed by atoms with E-state index in [0.29, 0.717) is 19.0 Å². The molecule has 0 bridgehead atoms. The molecule has 1 amide bonds. The third kappa shape index (κ3) is 4.02. The molecular weight excluding hydrogens is 347 g/mol. The quantitative estimate of drug-likeness (QED) is 0.813. The Morgan fingerprint density at radius 1 is 1.23 bits per heavy atom. The second kappa shape index (κ2) is 7.28. The highest BCUT2D eigenvalue weighted by Gasteiger charge is 2.42. The van der Waals surface area contributed by atoms with E-state index in [9.17, 15) is 18.0 Å². The average Bonchev–Trinajstić information content (AvgIpc) is 3.02. The fourth-order valence-corrected chi connectivity index (χ4v) is 3.90. The van der Waals surface area contributed by atoms with E-state index in [-0.39, 0.29) is 6.04 Å². The molecule has 0 saturated carbocycles. The van der Waals surface area contributed by atoms with Crippen LogP contribution in [0.15, 0.2) is 12.4 Å². The Labute approximate surface area is 151 Å². The van der Waals surface area contributed by atoms with Gasteiger partial charge in [-0.05, 0) is 18.8 Å². The van der Waals surface area contributed by atoms with Crippen LogP contribution in [0.2, 0.25) is 0 Å². The van der Waals surface area contributed by atoms with Crippen molar-refractivity contribution < 1.29 is 18.0 Å². The van der Waals surface area contributed by atoms with Crippen LogP contribution in [0.5, 0.6) is 0 Å². The lowest BCUT2D eigenvalue weighted by molar-refractivity contribution is -0.149. The molecule has 0 aliphatic carbocycles. The van der Waals surface area contributed by atoms with Crippen LogP contribution in [-0.2, 0) is 4.79 Å². The van der Waals surface area contributed by atoms with Crippen molar-refractivity contribution in [3.05, 3.63) is 12.4 Å². The van der Waals surface area contributed by atoms with Crippen molar-refractivity contribution in [2.24, 2.45) is 5.92 Å². The molecule has 0 N–H and O–H groups in total. The van der Waals surface area contributed by atoms with Gasteiger partial charge >= 0.3 is 6.18 Å². The first-order valence-electron chi connectivity index (χ1n) is 8.86. The number of carbonyl (C=O) groups is 1. The lowest BCUT2D eigenvalue weighted by Gasteiger charge is -2.39. The van der Waals surface area contributed by atoms with Crippen molar-refractivity contribution in [3.63, 3.8) is 0 Å². The SMILES string of the molecule is CN(C)c1nccnc1N1CCC2CCN(C(=O)CCC(F)(F)F)C2C1. The topological polar surface area (TPSA) is 52.6 Å². The molecule has 2 saturated heterocycles. The number of aromatic nitrogens is 2. The molecule has 1 aromatic rings. The summed E-state index contributed by atoms with van der Waals surface area (Å²) in [4.78, 5) is 26.8. The Kier molecular flexibility index (Phi) is 5.24. The van der Waals surface area contributed by atoms with Gasteiger partial charge in [0.2, 0.25) is 5.91 Å². The van der Waals surface area contributed by atoms with Crippen LogP contribution in [0.4, 0.5) is 24.8 Å². The van der Waals surface area contributed by atoms with Crippen molar-refractivity contribution in [1.82, 2.24) is 14.9 Å². The number of alkyl halides is 3. The van der Waals surface area contributed by atoms with Crippen LogP contribution in [0.3, 0.4) is 0 Å². The number of nitrogens with zero attached hydrogens (tertiary/aromatic N) is 5. The zero-order valence-electron chi connectivity index (χ0n) is 15.0. The van der Waals surface area contributed by atoms with Crippen LogP contribution in [0.1, 0.15) is 25.7 Å². The number of anilines is 2. The summed E-state index contributed by atoms with van der Waals surface area (Å²) in [6.45, 7) is 1.94. The van der Waals surface area contributed by atoms with Gasteiger partial charge in [0.15, 0.2) is 11.6 Å². The summed E-state index contributed by atoms with van der Waals surface area (Å²) in [7, 11) is 3.78. The van der Waals surface area contributed by atoms with E-state index in [1.165, 1.54) is 0 Å². The van der Waals surface area contributed by atoms with Crippen LogP contribution in [-0.4, -0.2) is 66.7 Å². The highest BCUT2D eigenvalue weighted by molar-refractivity contribution is 5.77. The van der Waals surface area contributed by atoms with E-state index < -0.39 is 24.9 Å². The van der Waals surface area contributed by atoms with Crippen molar-refractivity contribution in [1.29, 1.82) is 0 Å². The third-order valence-electron chi connectivity index (χ3n) is 5.19. The molecule has 2 atom stereocenters. The normalized spacial score (nSPS) is 23.1. The van der Waals surface area contributed by atoms with Gasteiger partial charge < -0.3 is 14.7 Å². The second-order valence-electron chi connectivity index (χ2n) is 7.15. The van der Waals surface area contributed by atoms with E-state index in [1.807, 2.05) is 19.0 Å². The molecule has 0 spiro atoms. The minimum atomic E-state index is -4.30. The number of fused-ring (bicyclic) bond motifs is 1. The number of halogens is 3. The summed E-state index contributed by atoms with van der Waals surface area (Å²) >= 11 is 0. The molecule has 2 aliphatic rings. The summed E-state index contributed by atoms with van der Waals surface area (Å²) in [6, 6.07) is -0.0542. The Bertz CT molecular complexity index is 652. The number of hydrogen-bond acceptors (Lipinski definition) is 5. The van der Waals surface area contributed by atoms with Gasteiger partial charge in [-0.15, -0.1) is 0 Å². The Balaban J connectivity index is 1.72. The second-order valence-corrected chi connectivity index (χ2v) is 7.15. The summed E-state index contributed by atoms with van der Waals surface area (Å²) < 4.78 is 37.3. The van der Waals surface area contributed by atoms with Crippen molar-refractivity contribution >= 4 is 17.5 Å². The van der Waals surface area contributed by atoms with Gasteiger partial charge in [-0.25, -0.2) is 9.97 Å². The van der Waals surface area contributed by atoms with E-state index >= 15 is 0 Å². The van der Waals surface area contributed by atoms with Gasteiger partial charge in [0.05, 0.1) is 12.5 Å². The highest BCUT2D eigenvalue weighted by Crippen LogP contribution is 2.35. The van der Waals surface area contributed by atoms with Crippen LogP contribution in [0, 0.1) is 5.92 Å². The summed E-state index contributed by atoms with van der Waals surface area (Å²) in [5, 5.41) is 0. The van der Waals surface area contributed by atoms with Crippen molar-refractivity contribution in [2.75, 3.05) is 43.5 Å². The molecule has 0 radical (unpaired) electrons. The monoisotopic (exact) mass is 371 g/mol. The fraction of sp³-hybridized carbons (Fsp3) is 0.706. The predicted molar refractivity (Wildman–Crippen MR) is 92.1 cm³/mol. The lowest BCUT2D eigenvalue weighted by atomic mass is 9.92. The molecule has 3 rings (SSSR count). The number of rotatable bonds is 4. The molecule has 0 aromatic carbocycles. The molecule has 2 aliphatic heterocycles. The molecule has 144 valence electrons. The Morgan fingerprint density at radius 2 is 1.92 bits per heavy atom. The standard InChI is InChI=1S/C17H24F3N5O/c1-23(2)15-16(22-8-7-21-15)24-9-4-12-5-10-25(13(12)11-24)14(26)3-6-17(18,19)20/h7-8,12-13H,3-6,9-11H2,1-2H3. The van der Waals surface area contributed by atoms with E-state index in [1.54, 1.807) is 17.3 Å². The van der Waals surface area contributed by atoms with E-state index in [4.69, 9.17) is 0 Å². The number of amides is 1. The molecule has 2 unspecified atom stereocenters. The van der Waals surface area contributed by atoms with Crippen LogP contribution in [0.25, 0.3) is 0 Å². The van der Waals surface area contributed by atoms with Crippen LogP contribution >= 0.6 is 0 Å². The number of carbonyl (C=O) groups excluding carboxylic acids is 1. The van der Waals surface area contributed by atoms with Gasteiger partial charge in [-0.2, -0.15) is 13.2 Å². The maximum absolute atomic E-state index is 12.4. The first-order valence-corrected chi connectivity index (χ1v) is 8.86. The summed E-state index contributed by atoms with van der Waals surface area (Å²) in [5.41, 5.74) is 0. The van der Waals surface area contributed by atoms with Gasteiger partial charge in [0.25, 0.3) is 0 Å². The molecular formula is C17H24F3N5O. The molecule has 1 aromatic heterocycles. The predicted octanol–water partition coefficient (Wildman–Crippen LogP) is 2.31. The molecule has 6 nitrogen and oxygen atoms in total. The third-order valence-corrected chi connectivity index (χ3v) is 5.19. The summed E-state index contributed by atoms with van der Waals surface area (Å²) in [5.74, 6) is 1.45. The maximum Gasteiger partial charge on any atom is 0.389 e. The van der Waals surface area contributed by atoms with Gasteiger partial charge in [-0.3, -0.25) is 4.79 Å². The Morgan fingerprint density at radius 3 is 2.62 bits per heavy atom. The first-order chi connectivity index (χ1) is 12.3. The Hall–Kier alpha value is -2.06. The van der Waals surface area contributed by atoms with Crippen molar-refractivity contribution in [2.45, 2.75) is 37.9 Å². The zero-order chi connectivity index (χ0) is 18.9.